The van der Waals surface area contributed by atoms with Crippen LogP contribution in [0.2, 0.25) is 0 Å². The largest absolute Gasteiger partial charge is 0.491 e. The van der Waals surface area contributed by atoms with E-state index in [0.717, 1.165) is 12.2 Å². The highest BCUT2D eigenvalue weighted by molar-refractivity contribution is 5.57. The molecule has 0 radical (unpaired) electrons. The van der Waals surface area contributed by atoms with Crippen LogP contribution in [0, 0.1) is 11.3 Å². The molecule has 1 aromatic carbocycles. The van der Waals surface area contributed by atoms with Gasteiger partial charge in [-0.15, -0.1) is 0 Å². The van der Waals surface area contributed by atoms with E-state index in [2.05, 4.69) is 6.92 Å². The third-order valence-electron chi connectivity index (χ3n) is 2.06. The van der Waals surface area contributed by atoms with E-state index in [1.165, 1.54) is 0 Å². The number of anilines is 1. The molecule has 0 aliphatic rings. The molecule has 0 heterocycles. The van der Waals surface area contributed by atoms with Crippen LogP contribution >= 0.6 is 0 Å². The van der Waals surface area contributed by atoms with Crippen molar-refractivity contribution in [3.8, 4) is 11.8 Å². The normalized spacial score (nSPS) is 11.8. The molecule has 1 aromatic rings. The summed E-state index contributed by atoms with van der Waals surface area (Å²) < 4.78 is 5.55. The average Bonchev–Trinajstić information content (AvgIpc) is 2.18. The van der Waals surface area contributed by atoms with Crippen molar-refractivity contribution in [2.75, 3.05) is 5.73 Å². The van der Waals surface area contributed by atoms with E-state index in [1.54, 1.807) is 18.2 Å². The third kappa shape index (κ3) is 2.40. The maximum atomic E-state index is 8.67. The van der Waals surface area contributed by atoms with Crippen LogP contribution in [-0.4, -0.2) is 6.10 Å². The molecule has 1 rings (SSSR count). The van der Waals surface area contributed by atoms with Gasteiger partial charge in [0.25, 0.3) is 0 Å². The van der Waals surface area contributed by atoms with Crippen molar-refractivity contribution >= 4 is 5.69 Å². The molecular weight excluding hydrogens is 176 g/mol. The van der Waals surface area contributed by atoms with Crippen molar-refractivity contribution in [1.29, 1.82) is 5.26 Å². The van der Waals surface area contributed by atoms with Gasteiger partial charge in [0.2, 0.25) is 0 Å². The summed E-state index contributed by atoms with van der Waals surface area (Å²) in [5.41, 5.74) is 6.60. The number of hydrogen-bond donors (Lipinski definition) is 1. The molecule has 0 aromatic heterocycles. The Kier molecular flexibility index (Phi) is 3.35. The molecule has 0 saturated heterocycles. The first-order chi connectivity index (χ1) is 6.67. The highest BCUT2D eigenvalue weighted by atomic mass is 16.5. The van der Waals surface area contributed by atoms with Gasteiger partial charge in [-0.25, -0.2) is 0 Å². The first kappa shape index (κ1) is 10.4. The fourth-order valence-electron chi connectivity index (χ4n) is 1.03. The monoisotopic (exact) mass is 190 g/mol. The van der Waals surface area contributed by atoms with Crippen LogP contribution in [0.25, 0.3) is 0 Å². The van der Waals surface area contributed by atoms with Gasteiger partial charge in [0.1, 0.15) is 11.8 Å². The quantitative estimate of drug-likeness (QED) is 0.744. The molecule has 0 aliphatic carbocycles. The smallest absolute Gasteiger partial charge is 0.121 e. The zero-order chi connectivity index (χ0) is 10.6. The number of nitrogens with two attached hydrogens (primary N) is 1. The molecule has 74 valence electrons. The Balaban J connectivity index is 2.82. The molecule has 0 spiro atoms. The Morgan fingerprint density at radius 2 is 2.29 bits per heavy atom. The second-order valence-electron chi connectivity index (χ2n) is 3.20. The Labute approximate surface area is 84.1 Å². The van der Waals surface area contributed by atoms with E-state index in [-0.39, 0.29) is 6.10 Å². The number of nitrogen functional groups attached to an aromatic ring is 1. The number of nitrogens with zero attached hydrogens (tertiary/aromatic N) is 1. The van der Waals surface area contributed by atoms with Crippen molar-refractivity contribution in [2.24, 2.45) is 0 Å². The van der Waals surface area contributed by atoms with Gasteiger partial charge in [0.05, 0.1) is 17.4 Å². The number of rotatable bonds is 3. The third-order valence-corrected chi connectivity index (χ3v) is 2.06. The molecular formula is C11H14N2O. The van der Waals surface area contributed by atoms with E-state index in [1.807, 2.05) is 13.0 Å². The number of hydrogen-bond acceptors (Lipinski definition) is 3. The molecule has 3 heteroatoms. The van der Waals surface area contributed by atoms with Gasteiger partial charge in [-0.3, -0.25) is 0 Å². The Morgan fingerprint density at radius 1 is 1.57 bits per heavy atom. The molecule has 2 N–H and O–H groups in total. The Morgan fingerprint density at radius 3 is 2.79 bits per heavy atom. The van der Waals surface area contributed by atoms with Crippen LogP contribution in [0.4, 0.5) is 5.69 Å². The van der Waals surface area contributed by atoms with Crippen LogP contribution in [0.1, 0.15) is 25.8 Å². The maximum Gasteiger partial charge on any atom is 0.121 e. The number of benzene rings is 1. The minimum absolute atomic E-state index is 0.169. The first-order valence-electron chi connectivity index (χ1n) is 4.63. The standard InChI is InChI=1S/C11H14N2O/c1-3-8(2)14-10-5-4-9(7-12)11(13)6-10/h4-6,8H,3,13H2,1-2H3. The van der Waals surface area contributed by atoms with Crippen LogP contribution in [-0.2, 0) is 0 Å². The van der Waals surface area contributed by atoms with E-state index in [9.17, 15) is 0 Å². The van der Waals surface area contributed by atoms with E-state index < -0.39 is 0 Å². The average molecular weight is 190 g/mol. The summed E-state index contributed by atoms with van der Waals surface area (Å²) in [5, 5.41) is 8.67. The zero-order valence-electron chi connectivity index (χ0n) is 8.45. The first-order valence-corrected chi connectivity index (χ1v) is 4.63. The van der Waals surface area contributed by atoms with Crippen LogP contribution in [0.15, 0.2) is 18.2 Å². The molecule has 1 atom stereocenters. The van der Waals surface area contributed by atoms with Crippen molar-refractivity contribution in [3.63, 3.8) is 0 Å². The fourth-order valence-corrected chi connectivity index (χ4v) is 1.03. The summed E-state index contributed by atoms with van der Waals surface area (Å²) in [4.78, 5) is 0. The van der Waals surface area contributed by atoms with Gasteiger partial charge in [-0.05, 0) is 25.5 Å². The van der Waals surface area contributed by atoms with E-state index >= 15 is 0 Å². The maximum absolute atomic E-state index is 8.67. The van der Waals surface area contributed by atoms with Crippen LogP contribution in [0.3, 0.4) is 0 Å². The van der Waals surface area contributed by atoms with Crippen LogP contribution in [0.5, 0.6) is 5.75 Å². The molecule has 1 unspecified atom stereocenters. The Hall–Kier alpha value is -1.69. The molecule has 0 aliphatic heterocycles. The fraction of sp³-hybridized carbons (Fsp3) is 0.364. The van der Waals surface area contributed by atoms with Gasteiger partial charge in [-0.1, -0.05) is 6.92 Å². The van der Waals surface area contributed by atoms with Crippen molar-refractivity contribution < 1.29 is 4.74 Å². The molecule has 0 bridgehead atoms. The predicted octanol–water partition coefficient (Wildman–Crippen LogP) is 2.32. The highest BCUT2D eigenvalue weighted by Gasteiger charge is 2.03. The van der Waals surface area contributed by atoms with Crippen molar-refractivity contribution in [2.45, 2.75) is 26.4 Å². The SMILES string of the molecule is CCC(C)Oc1ccc(C#N)c(N)c1. The lowest BCUT2D eigenvalue weighted by Gasteiger charge is -2.12. The van der Waals surface area contributed by atoms with Crippen molar-refractivity contribution in [3.05, 3.63) is 23.8 Å². The molecule has 14 heavy (non-hydrogen) atoms. The van der Waals surface area contributed by atoms with Crippen LogP contribution < -0.4 is 10.5 Å². The summed E-state index contributed by atoms with van der Waals surface area (Å²) in [5.74, 6) is 0.718. The van der Waals surface area contributed by atoms with E-state index in [0.29, 0.717) is 11.3 Å². The summed E-state index contributed by atoms with van der Waals surface area (Å²) >= 11 is 0. The second kappa shape index (κ2) is 4.52. The van der Waals surface area contributed by atoms with Crippen molar-refractivity contribution in [1.82, 2.24) is 0 Å². The lowest BCUT2D eigenvalue weighted by atomic mass is 10.2. The molecule has 3 nitrogen and oxygen atoms in total. The lowest BCUT2D eigenvalue weighted by molar-refractivity contribution is 0.217. The summed E-state index contributed by atoms with van der Waals surface area (Å²) in [6.07, 6.45) is 1.11. The number of nitriles is 1. The van der Waals surface area contributed by atoms with E-state index in [4.69, 9.17) is 15.7 Å². The van der Waals surface area contributed by atoms with Gasteiger partial charge in [0, 0.05) is 6.07 Å². The van der Waals surface area contributed by atoms with Gasteiger partial charge < -0.3 is 10.5 Å². The minimum atomic E-state index is 0.169. The lowest BCUT2D eigenvalue weighted by Crippen LogP contribution is -2.09. The predicted molar refractivity (Wildman–Crippen MR) is 56.0 cm³/mol. The van der Waals surface area contributed by atoms with Gasteiger partial charge in [-0.2, -0.15) is 5.26 Å². The van der Waals surface area contributed by atoms with Gasteiger partial charge in [0.15, 0.2) is 0 Å². The number of ether oxygens (including phenoxy) is 1. The molecule has 0 fully saturated rings. The highest BCUT2D eigenvalue weighted by Crippen LogP contribution is 2.20. The summed E-state index contributed by atoms with van der Waals surface area (Å²) in [6, 6.07) is 7.13. The summed E-state index contributed by atoms with van der Waals surface area (Å²) in [6.45, 7) is 4.05. The molecule has 0 saturated carbocycles. The summed E-state index contributed by atoms with van der Waals surface area (Å²) in [7, 11) is 0. The minimum Gasteiger partial charge on any atom is -0.491 e. The zero-order valence-corrected chi connectivity index (χ0v) is 8.45. The van der Waals surface area contributed by atoms with Gasteiger partial charge >= 0.3 is 0 Å². The topological polar surface area (TPSA) is 59.0 Å². The molecule has 0 amide bonds. The second-order valence-corrected chi connectivity index (χ2v) is 3.20. The Bertz CT molecular complexity index is 355.